The van der Waals surface area contributed by atoms with Crippen LogP contribution >= 0.6 is 35.0 Å². The van der Waals surface area contributed by atoms with Crippen LogP contribution in [0.2, 0.25) is 10.0 Å². The fourth-order valence-corrected chi connectivity index (χ4v) is 4.33. The van der Waals surface area contributed by atoms with Crippen molar-refractivity contribution in [2.45, 2.75) is 12.1 Å². The van der Waals surface area contributed by atoms with E-state index in [9.17, 15) is 0 Å². The number of hydrogen-bond acceptors (Lipinski definition) is 5. The van der Waals surface area contributed by atoms with Gasteiger partial charge in [-0.15, -0.1) is 10.2 Å². The van der Waals surface area contributed by atoms with E-state index < -0.39 is 0 Å². The zero-order chi connectivity index (χ0) is 22.5. The van der Waals surface area contributed by atoms with Gasteiger partial charge in [-0.1, -0.05) is 52.7 Å². The number of nitrogens with zero attached hydrogens (tertiary/aromatic N) is 3. The van der Waals surface area contributed by atoms with Gasteiger partial charge in [0.05, 0.1) is 18.7 Å². The van der Waals surface area contributed by atoms with Crippen molar-refractivity contribution in [3.63, 3.8) is 0 Å². The van der Waals surface area contributed by atoms with Gasteiger partial charge in [-0.3, -0.25) is 4.57 Å². The molecule has 1 aromatic heterocycles. The van der Waals surface area contributed by atoms with E-state index in [-0.39, 0.29) is 0 Å². The van der Waals surface area contributed by atoms with Crippen molar-refractivity contribution < 1.29 is 9.47 Å². The topological polar surface area (TPSA) is 49.2 Å². The maximum Gasteiger partial charge on any atom is 0.196 e. The Labute approximate surface area is 201 Å². The first-order chi connectivity index (χ1) is 15.5. The lowest BCUT2D eigenvalue weighted by atomic mass is 10.2. The van der Waals surface area contributed by atoms with Gasteiger partial charge in [0.15, 0.2) is 11.0 Å². The average Bonchev–Trinajstić information content (AvgIpc) is 3.22. The van der Waals surface area contributed by atoms with Crippen LogP contribution in [0.25, 0.3) is 17.1 Å². The number of thioether (sulfide) groups is 1. The number of benzene rings is 3. The maximum absolute atomic E-state index is 6.18. The number of halogens is 2. The highest BCUT2D eigenvalue weighted by Gasteiger charge is 2.16. The Morgan fingerprint density at radius 1 is 0.938 bits per heavy atom. The Morgan fingerprint density at radius 3 is 2.38 bits per heavy atom. The van der Waals surface area contributed by atoms with Gasteiger partial charge in [0.25, 0.3) is 0 Å². The van der Waals surface area contributed by atoms with E-state index in [0.717, 1.165) is 28.0 Å². The van der Waals surface area contributed by atoms with Gasteiger partial charge in [0.2, 0.25) is 0 Å². The molecule has 0 N–H and O–H groups in total. The van der Waals surface area contributed by atoms with E-state index in [2.05, 4.69) is 46.0 Å². The van der Waals surface area contributed by atoms with E-state index in [1.807, 2.05) is 24.3 Å². The molecule has 0 unspecified atom stereocenters. The number of rotatable bonds is 8. The van der Waals surface area contributed by atoms with Crippen LogP contribution in [-0.2, 0) is 0 Å². The van der Waals surface area contributed by atoms with Crippen LogP contribution in [-0.4, -0.2) is 34.2 Å². The minimum absolute atomic E-state index is 0.463. The summed E-state index contributed by atoms with van der Waals surface area (Å²) < 4.78 is 13.1. The standard InChI is InChI=1S/C24H21Cl2N3O2S/c1-16-3-8-19(9-4-16)29-23(17-5-10-20(30-2)11-6-17)27-28-24(29)32-14-13-31-22-12-7-18(25)15-21(22)26/h3-12,15H,13-14H2,1-2H3. The summed E-state index contributed by atoms with van der Waals surface area (Å²) in [6.07, 6.45) is 0. The number of methoxy groups -OCH3 is 1. The van der Waals surface area contributed by atoms with Gasteiger partial charge in [0, 0.05) is 22.0 Å². The average molecular weight is 486 g/mol. The van der Waals surface area contributed by atoms with Gasteiger partial charge in [-0.25, -0.2) is 0 Å². The Kier molecular flexibility index (Phi) is 7.25. The normalized spacial score (nSPS) is 10.9. The molecule has 164 valence electrons. The van der Waals surface area contributed by atoms with Crippen LogP contribution in [0.15, 0.2) is 71.9 Å². The van der Waals surface area contributed by atoms with Crippen molar-refractivity contribution in [1.82, 2.24) is 14.8 Å². The first kappa shape index (κ1) is 22.5. The summed E-state index contributed by atoms with van der Waals surface area (Å²) in [6.45, 7) is 2.53. The first-order valence-corrected chi connectivity index (χ1v) is 11.7. The SMILES string of the molecule is COc1ccc(-c2nnc(SCCOc3ccc(Cl)cc3Cl)n2-c2ccc(C)cc2)cc1. The molecule has 0 aliphatic rings. The van der Waals surface area contributed by atoms with Crippen LogP contribution in [0.3, 0.4) is 0 Å². The molecule has 4 aromatic rings. The number of aromatic nitrogens is 3. The van der Waals surface area contributed by atoms with E-state index in [1.165, 1.54) is 5.56 Å². The molecule has 0 aliphatic carbocycles. The van der Waals surface area contributed by atoms with Crippen LogP contribution in [0.1, 0.15) is 5.56 Å². The molecule has 0 amide bonds. The summed E-state index contributed by atoms with van der Waals surface area (Å²) in [5.41, 5.74) is 3.14. The van der Waals surface area contributed by atoms with Crippen LogP contribution in [0, 0.1) is 6.92 Å². The maximum atomic E-state index is 6.18. The molecule has 0 saturated heterocycles. The molecular weight excluding hydrogens is 465 g/mol. The Hall–Kier alpha value is -2.67. The molecule has 0 fully saturated rings. The van der Waals surface area contributed by atoms with Crippen molar-refractivity contribution in [3.8, 4) is 28.6 Å². The molecule has 0 atom stereocenters. The van der Waals surface area contributed by atoms with Gasteiger partial charge < -0.3 is 9.47 Å². The number of hydrogen-bond donors (Lipinski definition) is 0. The second-order valence-electron chi connectivity index (χ2n) is 6.98. The summed E-state index contributed by atoms with van der Waals surface area (Å²) in [4.78, 5) is 0. The predicted molar refractivity (Wildman–Crippen MR) is 131 cm³/mol. The lowest BCUT2D eigenvalue weighted by Crippen LogP contribution is -2.04. The second kappa shape index (κ2) is 10.3. The van der Waals surface area contributed by atoms with Crippen molar-refractivity contribution in [1.29, 1.82) is 0 Å². The van der Waals surface area contributed by atoms with E-state index in [1.54, 1.807) is 37.1 Å². The van der Waals surface area contributed by atoms with Gasteiger partial charge in [-0.2, -0.15) is 0 Å². The summed E-state index contributed by atoms with van der Waals surface area (Å²) in [6, 6.07) is 21.3. The van der Waals surface area contributed by atoms with Crippen molar-refractivity contribution in [2.24, 2.45) is 0 Å². The third-order valence-electron chi connectivity index (χ3n) is 4.74. The molecule has 0 spiro atoms. The van der Waals surface area contributed by atoms with Crippen molar-refractivity contribution in [2.75, 3.05) is 19.5 Å². The van der Waals surface area contributed by atoms with Crippen LogP contribution in [0.5, 0.6) is 11.5 Å². The molecule has 8 heteroatoms. The summed E-state index contributed by atoms with van der Waals surface area (Å²) >= 11 is 13.7. The van der Waals surface area contributed by atoms with Crippen LogP contribution < -0.4 is 9.47 Å². The van der Waals surface area contributed by atoms with E-state index in [4.69, 9.17) is 32.7 Å². The monoisotopic (exact) mass is 485 g/mol. The fraction of sp³-hybridized carbons (Fsp3) is 0.167. The highest BCUT2D eigenvalue weighted by Crippen LogP contribution is 2.30. The lowest BCUT2D eigenvalue weighted by molar-refractivity contribution is 0.344. The largest absolute Gasteiger partial charge is 0.497 e. The smallest absolute Gasteiger partial charge is 0.196 e. The molecule has 0 aliphatic heterocycles. The Bertz CT molecular complexity index is 1200. The number of aryl methyl sites for hydroxylation is 1. The zero-order valence-corrected chi connectivity index (χ0v) is 19.9. The van der Waals surface area contributed by atoms with Crippen molar-refractivity contribution >= 4 is 35.0 Å². The number of ether oxygens (including phenoxy) is 2. The quantitative estimate of drug-likeness (QED) is 0.204. The van der Waals surface area contributed by atoms with Crippen LogP contribution in [0.4, 0.5) is 0 Å². The third kappa shape index (κ3) is 5.21. The highest BCUT2D eigenvalue weighted by molar-refractivity contribution is 7.99. The molecule has 0 saturated carbocycles. The minimum atomic E-state index is 0.463. The molecule has 5 nitrogen and oxygen atoms in total. The second-order valence-corrected chi connectivity index (χ2v) is 8.88. The first-order valence-electron chi connectivity index (χ1n) is 9.92. The predicted octanol–water partition coefficient (Wildman–Crippen LogP) is 6.73. The molecule has 0 bridgehead atoms. The summed E-state index contributed by atoms with van der Waals surface area (Å²) in [5.74, 6) is 2.84. The molecule has 4 rings (SSSR count). The zero-order valence-electron chi connectivity index (χ0n) is 17.6. The molecule has 3 aromatic carbocycles. The molecule has 1 heterocycles. The van der Waals surface area contributed by atoms with Gasteiger partial charge in [0.1, 0.15) is 11.5 Å². The van der Waals surface area contributed by atoms with Crippen molar-refractivity contribution in [3.05, 3.63) is 82.3 Å². The summed E-state index contributed by atoms with van der Waals surface area (Å²) in [7, 11) is 1.65. The molecular formula is C24H21Cl2N3O2S. The third-order valence-corrected chi connectivity index (χ3v) is 6.16. The van der Waals surface area contributed by atoms with Gasteiger partial charge in [-0.05, 0) is 61.5 Å². The minimum Gasteiger partial charge on any atom is -0.497 e. The van der Waals surface area contributed by atoms with E-state index in [0.29, 0.717) is 28.2 Å². The lowest BCUT2D eigenvalue weighted by Gasteiger charge is -2.12. The highest BCUT2D eigenvalue weighted by atomic mass is 35.5. The van der Waals surface area contributed by atoms with Gasteiger partial charge >= 0.3 is 0 Å². The fourth-order valence-electron chi connectivity index (χ4n) is 3.09. The Morgan fingerprint density at radius 2 is 1.69 bits per heavy atom. The molecule has 0 radical (unpaired) electrons. The Balaban J connectivity index is 1.55. The summed E-state index contributed by atoms with van der Waals surface area (Å²) in [5, 5.41) is 10.8. The van der Waals surface area contributed by atoms with E-state index >= 15 is 0 Å². The molecule has 32 heavy (non-hydrogen) atoms.